The topological polar surface area (TPSA) is 25.8 Å². The third-order valence-corrected chi connectivity index (χ3v) is 16.1. The van der Waals surface area contributed by atoms with Crippen molar-refractivity contribution in [1.29, 1.82) is 0 Å². The SMILES string of the molecule is c1ccc(-c2ccc3nc(-c4ccc(-c5c6ccccc6c(-c6c7ccccc7c(-c7ccc(-c8nc9ccc(-c%10ccccc%10)cc9s8)cc7)c7ccccc67)c6ccccc56)cc4)sc3c2)cc1. The van der Waals surface area contributed by atoms with Crippen molar-refractivity contribution in [2.24, 2.45) is 0 Å². The summed E-state index contributed by atoms with van der Waals surface area (Å²) in [6, 6.07) is 88.5. The maximum atomic E-state index is 5.09. The van der Waals surface area contributed by atoms with Crippen LogP contribution in [0.3, 0.4) is 0 Å². The summed E-state index contributed by atoms with van der Waals surface area (Å²) in [5.41, 5.74) is 16.5. The molecule has 14 aromatic rings. The lowest BCUT2D eigenvalue weighted by Crippen LogP contribution is -1.94. The number of hydrogen-bond acceptors (Lipinski definition) is 4. The third-order valence-electron chi connectivity index (χ3n) is 13.9. The minimum atomic E-state index is 1.03. The average Bonchev–Trinajstić information content (AvgIpc) is 4.07. The molecule has 14 rings (SSSR count). The molecule has 0 amide bonds. The van der Waals surface area contributed by atoms with E-state index in [2.05, 4.69) is 243 Å². The lowest BCUT2D eigenvalue weighted by atomic mass is 9.81. The Balaban J connectivity index is 0.884. The largest absolute Gasteiger partial charge is 0.236 e. The molecule has 70 heavy (non-hydrogen) atoms. The van der Waals surface area contributed by atoms with E-state index in [0.29, 0.717) is 0 Å². The Bertz CT molecular complexity index is 3930. The van der Waals surface area contributed by atoms with Gasteiger partial charge in [0.05, 0.1) is 20.4 Å². The van der Waals surface area contributed by atoms with E-state index in [9.17, 15) is 0 Å². The van der Waals surface area contributed by atoms with E-state index in [1.54, 1.807) is 22.7 Å². The van der Waals surface area contributed by atoms with Crippen molar-refractivity contribution in [2.75, 3.05) is 0 Å². The average molecular weight is 925 g/mol. The summed E-state index contributed by atoms with van der Waals surface area (Å²) in [7, 11) is 0. The summed E-state index contributed by atoms with van der Waals surface area (Å²) in [5, 5.41) is 11.9. The fraction of sp³-hybridized carbons (Fsp3) is 0. The Hall–Kier alpha value is -8.54. The summed E-state index contributed by atoms with van der Waals surface area (Å²) < 4.78 is 2.38. The van der Waals surface area contributed by atoms with Gasteiger partial charge in [-0.05, 0) is 123 Å². The van der Waals surface area contributed by atoms with E-state index in [4.69, 9.17) is 9.97 Å². The summed E-state index contributed by atoms with van der Waals surface area (Å²) in [6.45, 7) is 0. The lowest BCUT2D eigenvalue weighted by Gasteiger charge is -2.22. The first-order valence-electron chi connectivity index (χ1n) is 23.7. The van der Waals surface area contributed by atoms with Crippen LogP contribution in [0.15, 0.2) is 243 Å². The molecule has 0 radical (unpaired) electrons. The first kappa shape index (κ1) is 40.5. The number of aromatic nitrogens is 2. The highest BCUT2D eigenvalue weighted by Gasteiger charge is 2.23. The van der Waals surface area contributed by atoms with Crippen molar-refractivity contribution in [3.05, 3.63) is 243 Å². The molecule has 0 bridgehead atoms. The van der Waals surface area contributed by atoms with Gasteiger partial charge in [-0.2, -0.15) is 0 Å². The minimum Gasteiger partial charge on any atom is -0.236 e. The van der Waals surface area contributed by atoms with Gasteiger partial charge in [-0.3, -0.25) is 0 Å². The van der Waals surface area contributed by atoms with Gasteiger partial charge in [0.1, 0.15) is 10.0 Å². The van der Waals surface area contributed by atoms with Crippen LogP contribution in [-0.2, 0) is 0 Å². The normalized spacial score (nSPS) is 11.7. The molecule has 12 aromatic carbocycles. The number of fused-ring (bicyclic) bond motifs is 6. The Morgan fingerprint density at radius 3 is 0.814 bits per heavy atom. The van der Waals surface area contributed by atoms with Crippen molar-refractivity contribution in [2.45, 2.75) is 0 Å². The standard InChI is InChI=1S/C66H40N2S2/c1-3-15-41(16-4-1)47-35-37-57-59(39-47)69-65(67-57)45-31-27-43(28-32-45)61-49-19-7-11-23-53(49)63(54-24-12-8-20-50(54)61)64-55-25-13-9-21-51(55)62(52-22-10-14-26-56(52)64)44-29-33-46(34-30-44)66-68-58-38-36-48(40-60(58)70-66)42-17-5-2-6-18-42/h1-40H. The Morgan fingerprint density at radius 1 is 0.214 bits per heavy atom. The summed E-state index contributed by atoms with van der Waals surface area (Å²) >= 11 is 3.51. The van der Waals surface area contributed by atoms with Gasteiger partial charge in [0.2, 0.25) is 0 Å². The number of hydrogen-bond donors (Lipinski definition) is 0. The molecule has 2 aromatic heterocycles. The molecule has 0 unspecified atom stereocenters. The molecule has 0 aliphatic carbocycles. The molecule has 0 fully saturated rings. The van der Waals surface area contributed by atoms with Crippen molar-refractivity contribution >= 4 is 86.2 Å². The van der Waals surface area contributed by atoms with Crippen LogP contribution < -0.4 is 0 Å². The second-order valence-corrected chi connectivity index (χ2v) is 20.0. The van der Waals surface area contributed by atoms with E-state index in [1.807, 2.05) is 0 Å². The molecule has 326 valence electrons. The van der Waals surface area contributed by atoms with E-state index in [-0.39, 0.29) is 0 Å². The number of rotatable bonds is 7. The second-order valence-electron chi connectivity index (χ2n) is 18.0. The van der Waals surface area contributed by atoms with Crippen LogP contribution in [-0.4, -0.2) is 9.97 Å². The van der Waals surface area contributed by atoms with Crippen molar-refractivity contribution in [3.8, 4) is 76.8 Å². The fourth-order valence-electron chi connectivity index (χ4n) is 10.7. The second kappa shape index (κ2) is 16.6. The molecule has 0 atom stereocenters. The Kier molecular flexibility index (Phi) is 9.61. The highest BCUT2D eigenvalue weighted by atomic mass is 32.1. The number of thiazole rings is 2. The molecule has 0 saturated heterocycles. The lowest BCUT2D eigenvalue weighted by molar-refractivity contribution is 1.48. The maximum absolute atomic E-state index is 5.09. The molecular weight excluding hydrogens is 885 g/mol. The van der Waals surface area contributed by atoms with Crippen LogP contribution in [0.5, 0.6) is 0 Å². The summed E-state index contributed by atoms with van der Waals surface area (Å²) in [6.07, 6.45) is 0. The van der Waals surface area contributed by atoms with E-state index in [1.165, 1.54) is 108 Å². The van der Waals surface area contributed by atoms with Gasteiger partial charge in [-0.25, -0.2) is 9.97 Å². The van der Waals surface area contributed by atoms with Gasteiger partial charge >= 0.3 is 0 Å². The van der Waals surface area contributed by atoms with Crippen molar-refractivity contribution in [3.63, 3.8) is 0 Å². The van der Waals surface area contributed by atoms with E-state index >= 15 is 0 Å². The van der Waals surface area contributed by atoms with Gasteiger partial charge in [-0.15, -0.1) is 22.7 Å². The molecule has 0 N–H and O–H groups in total. The molecule has 0 saturated carbocycles. The molecule has 2 nitrogen and oxygen atoms in total. The smallest absolute Gasteiger partial charge is 0.124 e. The predicted octanol–water partition coefficient (Wildman–Crippen LogP) is 19.2. The van der Waals surface area contributed by atoms with Crippen LogP contribution in [0.4, 0.5) is 0 Å². The molecule has 0 spiro atoms. The van der Waals surface area contributed by atoms with Gasteiger partial charge in [0.15, 0.2) is 0 Å². The van der Waals surface area contributed by atoms with Crippen molar-refractivity contribution in [1.82, 2.24) is 9.97 Å². The quantitative estimate of drug-likeness (QED) is 0.149. The monoisotopic (exact) mass is 924 g/mol. The zero-order valence-corrected chi connectivity index (χ0v) is 39.4. The van der Waals surface area contributed by atoms with Crippen LogP contribution >= 0.6 is 22.7 Å². The zero-order chi connectivity index (χ0) is 46.1. The van der Waals surface area contributed by atoms with Crippen LogP contribution in [0.25, 0.3) is 140 Å². The van der Waals surface area contributed by atoms with E-state index in [0.717, 1.165) is 32.2 Å². The van der Waals surface area contributed by atoms with Gasteiger partial charge in [-0.1, -0.05) is 218 Å². The van der Waals surface area contributed by atoms with Gasteiger partial charge < -0.3 is 0 Å². The molecule has 2 heterocycles. The Labute approximate surface area is 413 Å². The third kappa shape index (κ3) is 6.75. The first-order chi connectivity index (χ1) is 34.7. The van der Waals surface area contributed by atoms with Crippen molar-refractivity contribution < 1.29 is 0 Å². The molecule has 0 aliphatic heterocycles. The van der Waals surface area contributed by atoms with E-state index < -0.39 is 0 Å². The summed E-state index contributed by atoms with van der Waals surface area (Å²) in [4.78, 5) is 10.2. The van der Waals surface area contributed by atoms with Gasteiger partial charge in [0.25, 0.3) is 0 Å². The maximum Gasteiger partial charge on any atom is 0.124 e. The predicted molar refractivity (Wildman–Crippen MR) is 301 cm³/mol. The molecule has 4 heteroatoms. The molecule has 0 aliphatic rings. The minimum absolute atomic E-state index is 1.03. The Morgan fingerprint density at radius 2 is 0.486 bits per heavy atom. The summed E-state index contributed by atoms with van der Waals surface area (Å²) in [5.74, 6) is 0. The van der Waals surface area contributed by atoms with Crippen LogP contribution in [0, 0.1) is 0 Å². The number of benzene rings is 12. The molecular formula is C66H40N2S2. The zero-order valence-electron chi connectivity index (χ0n) is 37.8. The van der Waals surface area contributed by atoms with Crippen LogP contribution in [0.1, 0.15) is 0 Å². The highest BCUT2D eigenvalue weighted by molar-refractivity contribution is 7.22. The fourth-order valence-corrected chi connectivity index (χ4v) is 12.7. The van der Waals surface area contributed by atoms with Gasteiger partial charge in [0, 0.05) is 11.1 Å². The highest BCUT2D eigenvalue weighted by Crippen LogP contribution is 2.50. The first-order valence-corrected chi connectivity index (χ1v) is 25.3. The number of nitrogens with zero attached hydrogens (tertiary/aromatic N) is 2. The van der Waals surface area contributed by atoms with Crippen LogP contribution in [0.2, 0.25) is 0 Å².